The number of methoxy groups -OCH3 is 2. The molecular formula is C14H20O7. The Labute approximate surface area is 122 Å². The van der Waals surface area contributed by atoms with E-state index in [-0.39, 0.29) is 6.61 Å². The van der Waals surface area contributed by atoms with Crippen molar-refractivity contribution in [2.24, 2.45) is 0 Å². The molecule has 2 rings (SSSR count). The third-order valence-electron chi connectivity index (χ3n) is 3.65. The maximum Gasteiger partial charge on any atom is 0.128 e. The van der Waals surface area contributed by atoms with Crippen molar-refractivity contribution >= 4 is 0 Å². The molecular weight excluding hydrogens is 280 g/mol. The SMILES string of the molecule is COc1cc(CO)c([C@@H]2O[C@H](CO)[C@@H](O)[C@@H]2O)c(OC)c1. The molecule has 0 spiro atoms. The van der Waals surface area contributed by atoms with Crippen molar-refractivity contribution in [3.05, 3.63) is 23.3 Å². The van der Waals surface area contributed by atoms with E-state index in [1.54, 1.807) is 12.1 Å². The van der Waals surface area contributed by atoms with Gasteiger partial charge in [0, 0.05) is 11.6 Å². The fraction of sp³-hybridized carbons (Fsp3) is 0.571. The fourth-order valence-corrected chi connectivity index (χ4v) is 2.53. The van der Waals surface area contributed by atoms with Crippen molar-refractivity contribution in [3.63, 3.8) is 0 Å². The zero-order chi connectivity index (χ0) is 15.6. The molecule has 4 atom stereocenters. The average Bonchev–Trinajstić information content (AvgIpc) is 2.81. The van der Waals surface area contributed by atoms with Crippen LogP contribution in [0.15, 0.2) is 12.1 Å². The van der Waals surface area contributed by atoms with E-state index in [0.29, 0.717) is 22.6 Å². The zero-order valence-electron chi connectivity index (χ0n) is 11.9. The van der Waals surface area contributed by atoms with Gasteiger partial charge in [0.25, 0.3) is 0 Å². The molecule has 1 saturated heterocycles. The highest BCUT2D eigenvalue weighted by Crippen LogP contribution is 2.41. The van der Waals surface area contributed by atoms with Gasteiger partial charge in [0.2, 0.25) is 0 Å². The maximum absolute atomic E-state index is 10.1. The highest BCUT2D eigenvalue weighted by atomic mass is 16.6. The predicted molar refractivity (Wildman–Crippen MR) is 72.2 cm³/mol. The van der Waals surface area contributed by atoms with E-state index in [0.717, 1.165) is 0 Å². The van der Waals surface area contributed by atoms with Gasteiger partial charge in [-0.2, -0.15) is 0 Å². The van der Waals surface area contributed by atoms with E-state index in [9.17, 15) is 15.3 Å². The van der Waals surface area contributed by atoms with Crippen LogP contribution in [-0.4, -0.2) is 59.6 Å². The first-order valence-corrected chi connectivity index (χ1v) is 6.55. The number of hydrogen-bond donors (Lipinski definition) is 4. The van der Waals surface area contributed by atoms with E-state index in [1.165, 1.54) is 14.2 Å². The Morgan fingerprint density at radius 2 is 1.81 bits per heavy atom. The molecule has 1 aliphatic rings. The Hall–Kier alpha value is -1.38. The Morgan fingerprint density at radius 3 is 2.29 bits per heavy atom. The van der Waals surface area contributed by atoms with E-state index < -0.39 is 31.0 Å². The van der Waals surface area contributed by atoms with Crippen LogP contribution in [0.25, 0.3) is 0 Å². The largest absolute Gasteiger partial charge is 0.497 e. The molecule has 21 heavy (non-hydrogen) atoms. The molecule has 1 aromatic rings. The third-order valence-corrected chi connectivity index (χ3v) is 3.65. The van der Waals surface area contributed by atoms with Gasteiger partial charge in [0.1, 0.15) is 35.9 Å². The summed E-state index contributed by atoms with van der Waals surface area (Å²) in [5.41, 5.74) is 0.893. The number of rotatable bonds is 5. The lowest BCUT2D eigenvalue weighted by Gasteiger charge is -2.21. The summed E-state index contributed by atoms with van der Waals surface area (Å²) in [6, 6.07) is 3.20. The molecule has 1 aromatic carbocycles. The van der Waals surface area contributed by atoms with E-state index >= 15 is 0 Å². The van der Waals surface area contributed by atoms with Crippen LogP contribution >= 0.6 is 0 Å². The summed E-state index contributed by atoms with van der Waals surface area (Å²) in [5, 5.41) is 38.7. The predicted octanol–water partition coefficient (Wildman–Crippen LogP) is -0.650. The molecule has 0 unspecified atom stereocenters. The Bertz CT molecular complexity index is 465. The maximum atomic E-state index is 10.1. The van der Waals surface area contributed by atoms with Gasteiger partial charge in [-0.25, -0.2) is 0 Å². The number of ether oxygens (including phenoxy) is 3. The molecule has 7 heteroatoms. The highest BCUT2D eigenvalue weighted by Gasteiger charge is 2.44. The van der Waals surface area contributed by atoms with Gasteiger partial charge in [-0.05, 0) is 11.6 Å². The van der Waals surface area contributed by atoms with Crippen molar-refractivity contribution < 1.29 is 34.6 Å². The number of benzene rings is 1. The third kappa shape index (κ3) is 2.83. The van der Waals surface area contributed by atoms with Crippen molar-refractivity contribution in [2.75, 3.05) is 20.8 Å². The molecule has 0 aromatic heterocycles. The van der Waals surface area contributed by atoms with Crippen LogP contribution in [-0.2, 0) is 11.3 Å². The quantitative estimate of drug-likeness (QED) is 0.572. The molecule has 118 valence electrons. The second-order valence-electron chi connectivity index (χ2n) is 4.82. The molecule has 0 amide bonds. The first kappa shape index (κ1) is 16.0. The minimum atomic E-state index is -1.23. The highest BCUT2D eigenvalue weighted by molar-refractivity contribution is 5.48. The molecule has 0 aliphatic carbocycles. The van der Waals surface area contributed by atoms with E-state index in [4.69, 9.17) is 19.3 Å². The van der Waals surface area contributed by atoms with Crippen LogP contribution in [0.4, 0.5) is 0 Å². The monoisotopic (exact) mass is 300 g/mol. The van der Waals surface area contributed by atoms with Gasteiger partial charge < -0.3 is 34.6 Å². The first-order valence-electron chi connectivity index (χ1n) is 6.55. The Kier molecular flexibility index (Phi) is 5.02. The normalized spacial score (nSPS) is 28.7. The van der Waals surface area contributed by atoms with Crippen molar-refractivity contribution in [3.8, 4) is 11.5 Å². The van der Waals surface area contributed by atoms with Crippen LogP contribution in [0.5, 0.6) is 11.5 Å². The van der Waals surface area contributed by atoms with Crippen molar-refractivity contribution in [1.29, 1.82) is 0 Å². The number of aliphatic hydroxyl groups is 4. The van der Waals surface area contributed by atoms with Crippen LogP contribution in [0.1, 0.15) is 17.2 Å². The van der Waals surface area contributed by atoms with Crippen LogP contribution in [0, 0.1) is 0 Å². The van der Waals surface area contributed by atoms with Crippen molar-refractivity contribution in [1.82, 2.24) is 0 Å². The lowest BCUT2D eigenvalue weighted by molar-refractivity contribution is -0.0238. The number of hydrogen-bond acceptors (Lipinski definition) is 7. The zero-order valence-corrected chi connectivity index (χ0v) is 11.9. The Balaban J connectivity index is 2.47. The number of aliphatic hydroxyl groups excluding tert-OH is 4. The lowest BCUT2D eigenvalue weighted by Crippen LogP contribution is -2.32. The van der Waals surface area contributed by atoms with Gasteiger partial charge in [-0.3, -0.25) is 0 Å². The van der Waals surface area contributed by atoms with Crippen LogP contribution < -0.4 is 9.47 Å². The van der Waals surface area contributed by atoms with Gasteiger partial charge in [0.15, 0.2) is 0 Å². The summed E-state index contributed by atoms with van der Waals surface area (Å²) in [7, 11) is 2.93. The minimum Gasteiger partial charge on any atom is -0.497 e. The Morgan fingerprint density at radius 1 is 1.10 bits per heavy atom. The topological polar surface area (TPSA) is 109 Å². The molecule has 0 bridgehead atoms. The van der Waals surface area contributed by atoms with Gasteiger partial charge >= 0.3 is 0 Å². The molecule has 4 N–H and O–H groups in total. The summed E-state index contributed by atoms with van der Waals surface area (Å²) in [6.07, 6.45) is -4.23. The van der Waals surface area contributed by atoms with Crippen LogP contribution in [0.3, 0.4) is 0 Å². The molecule has 1 fully saturated rings. The molecule has 1 aliphatic heterocycles. The fourth-order valence-electron chi connectivity index (χ4n) is 2.53. The summed E-state index contributed by atoms with van der Waals surface area (Å²) in [6.45, 7) is -0.725. The summed E-state index contributed by atoms with van der Waals surface area (Å²) < 4.78 is 15.9. The van der Waals surface area contributed by atoms with Crippen LogP contribution in [0.2, 0.25) is 0 Å². The second-order valence-corrected chi connectivity index (χ2v) is 4.82. The second kappa shape index (κ2) is 6.59. The van der Waals surface area contributed by atoms with Gasteiger partial charge in [-0.1, -0.05) is 0 Å². The van der Waals surface area contributed by atoms with Gasteiger partial charge in [-0.15, -0.1) is 0 Å². The average molecular weight is 300 g/mol. The molecule has 0 saturated carbocycles. The van der Waals surface area contributed by atoms with E-state index in [2.05, 4.69) is 0 Å². The lowest BCUT2D eigenvalue weighted by atomic mass is 9.96. The molecule has 0 radical (unpaired) electrons. The summed E-state index contributed by atoms with van der Waals surface area (Å²) >= 11 is 0. The summed E-state index contributed by atoms with van der Waals surface area (Å²) in [5.74, 6) is 0.861. The smallest absolute Gasteiger partial charge is 0.128 e. The summed E-state index contributed by atoms with van der Waals surface area (Å²) in [4.78, 5) is 0. The molecule has 1 heterocycles. The first-order chi connectivity index (χ1) is 10.1. The van der Waals surface area contributed by atoms with E-state index in [1.807, 2.05) is 0 Å². The molecule has 7 nitrogen and oxygen atoms in total. The van der Waals surface area contributed by atoms with Crippen molar-refractivity contribution in [2.45, 2.75) is 31.0 Å². The standard InChI is InChI=1S/C14H20O7/c1-19-8-3-7(5-15)11(9(4-8)20-2)14-13(18)12(17)10(6-16)21-14/h3-4,10,12-18H,5-6H2,1-2H3/t10-,12-,13+,14+/m1/s1. The van der Waals surface area contributed by atoms with Gasteiger partial charge in [0.05, 0.1) is 27.4 Å². The minimum absolute atomic E-state index is 0.310.